The van der Waals surface area contributed by atoms with E-state index in [0.29, 0.717) is 11.5 Å². The van der Waals surface area contributed by atoms with Crippen LogP contribution in [0.2, 0.25) is 0 Å². The maximum atomic E-state index is 10.3. The third-order valence-corrected chi connectivity index (χ3v) is 1.25. The van der Waals surface area contributed by atoms with Gasteiger partial charge < -0.3 is 15.3 Å². The van der Waals surface area contributed by atoms with E-state index in [4.69, 9.17) is 15.3 Å². The van der Waals surface area contributed by atoms with Gasteiger partial charge >= 0.3 is 0 Å². The lowest BCUT2D eigenvalue weighted by atomic mass is 10.4. The van der Waals surface area contributed by atoms with Crippen LogP contribution in [-0.4, -0.2) is 11.0 Å². The van der Waals surface area contributed by atoms with Gasteiger partial charge in [-0.1, -0.05) is 0 Å². The molecule has 1 heterocycles. The van der Waals surface area contributed by atoms with Crippen LogP contribution in [0.15, 0.2) is 22.6 Å². The number of aliphatic hydroxyl groups is 1. The van der Waals surface area contributed by atoms with Crippen LogP contribution in [0, 0.1) is 0 Å². The van der Waals surface area contributed by atoms with Crippen molar-refractivity contribution < 1.29 is 14.3 Å². The van der Waals surface area contributed by atoms with Crippen LogP contribution in [0.25, 0.3) is 6.08 Å². The molecule has 0 aliphatic carbocycles. The molecule has 0 fully saturated rings. The van der Waals surface area contributed by atoms with E-state index < -0.39 is 5.91 Å². The molecule has 0 atom stereocenters. The van der Waals surface area contributed by atoms with Gasteiger partial charge in [-0.25, -0.2) is 0 Å². The summed E-state index contributed by atoms with van der Waals surface area (Å²) in [5, 5.41) is 8.62. The number of aliphatic hydroxyl groups excluding tert-OH is 1. The highest BCUT2D eigenvalue weighted by Gasteiger charge is 1.96. The van der Waals surface area contributed by atoms with E-state index in [1.54, 1.807) is 12.1 Å². The number of rotatable bonds is 3. The van der Waals surface area contributed by atoms with Gasteiger partial charge in [-0.05, 0) is 18.2 Å². The Morgan fingerprint density at radius 1 is 1.67 bits per heavy atom. The number of hydrogen-bond donors (Lipinski definition) is 2. The molecular weight excluding hydrogens is 158 g/mol. The fourth-order valence-electron chi connectivity index (χ4n) is 0.733. The summed E-state index contributed by atoms with van der Waals surface area (Å²) in [5.41, 5.74) is 4.86. The summed E-state index contributed by atoms with van der Waals surface area (Å²) in [7, 11) is 0. The highest BCUT2D eigenvalue weighted by atomic mass is 16.4. The molecule has 12 heavy (non-hydrogen) atoms. The SMILES string of the molecule is NC(=O)C=Cc1ccc(CO)o1. The quantitative estimate of drug-likeness (QED) is 0.634. The monoisotopic (exact) mass is 167 g/mol. The predicted octanol–water partition coefficient (Wildman–Crippen LogP) is 0.270. The third kappa shape index (κ3) is 2.25. The van der Waals surface area contributed by atoms with E-state index in [0.717, 1.165) is 0 Å². The average molecular weight is 167 g/mol. The zero-order valence-corrected chi connectivity index (χ0v) is 6.36. The molecule has 0 saturated heterocycles. The fourth-order valence-corrected chi connectivity index (χ4v) is 0.733. The van der Waals surface area contributed by atoms with Crippen LogP contribution in [0.3, 0.4) is 0 Å². The average Bonchev–Trinajstić information content (AvgIpc) is 2.48. The molecule has 0 aliphatic heterocycles. The van der Waals surface area contributed by atoms with E-state index in [1.165, 1.54) is 12.2 Å². The first-order valence-electron chi connectivity index (χ1n) is 3.39. The molecule has 0 radical (unpaired) electrons. The normalized spacial score (nSPS) is 10.8. The van der Waals surface area contributed by atoms with E-state index >= 15 is 0 Å². The Labute approximate surface area is 69.3 Å². The second-order valence-corrected chi connectivity index (χ2v) is 2.20. The van der Waals surface area contributed by atoms with Crippen molar-refractivity contribution in [1.82, 2.24) is 0 Å². The van der Waals surface area contributed by atoms with Gasteiger partial charge in [0, 0.05) is 6.08 Å². The van der Waals surface area contributed by atoms with Crippen LogP contribution in [0.4, 0.5) is 0 Å². The van der Waals surface area contributed by atoms with Crippen LogP contribution in [0.1, 0.15) is 11.5 Å². The number of carbonyl (C=O) groups is 1. The summed E-state index contributed by atoms with van der Waals surface area (Å²) in [6.45, 7) is -0.148. The van der Waals surface area contributed by atoms with Crippen molar-refractivity contribution in [1.29, 1.82) is 0 Å². The Balaban J connectivity index is 2.70. The molecule has 0 bridgehead atoms. The highest BCUT2D eigenvalue weighted by molar-refractivity contribution is 5.89. The Hall–Kier alpha value is -1.55. The molecule has 0 aromatic carbocycles. The van der Waals surface area contributed by atoms with Crippen LogP contribution >= 0.6 is 0 Å². The third-order valence-electron chi connectivity index (χ3n) is 1.25. The van der Waals surface area contributed by atoms with Crippen LogP contribution in [0.5, 0.6) is 0 Å². The lowest BCUT2D eigenvalue weighted by molar-refractivity contribution is -0.113. The van der Waals surface area contributed by atoms with Crippen LogP contribution in [-0.2, 0) is 11.4 Å². The first-order chi connectivity index (χ1) is 5.72. The summed E-state index contributed by atoms with van der Waals surface area (Å²) in [6.07, 6.45) is 2.64. The minimum Gasteiger partial charge on any atom is -0.459 e. The van der Waals surface area contributed by atoms with Crippen molar-refractivity contribution >= 4 is 12.0 Å². The number of hydrogen-bond acceptors (Lipinski definition) is 3. The van der Waals surface area contributed by atoms with Gasteiger partial charge in [0.05, 0.1) is 0 Å². The Bertz CT molecular complexity index is 301. The molecule has 0 unspecified atom stereocenters. The van der Waals surface area contributed by atoms with Gasteiger partial charge in [-0.2, -0.15) is 0 Å². The second kappa shape index (κ2) is 3.73. The minimum absolute atomic E-state index is 0.148. The minimum atomic E-state index is -0.531. The molecule has 1 rings (SSSR count). The van der Waals surface area contributed by atoms with Gasteiger partial charge in [0.2, 0.25) is 5.91 Å². The summed E-state index contributed by atoms with van der Waals surface area (Å²) in [4.78, 5) is 10.3. The maximum absolute atomic E-state index is 10.3. The standard InChI is InChI=1S/C8H9NO3/c9-8(11)4-3-6-1-2-7(5-10)12-6/h1-4,10H,5H2,(H2,9,11). The molecule has 1 aromatic rings. The molecule has 4 heteroatoms. The molecule has 0 aliphatic rings. The maximum Gasteiger partial charge on any atom is 0.241 e. The number of amides is 1. The second-order valence-electron chi connectivity index (χ2n) is 2.20. The summed E-state index contributed by atoms with van der Waals surface area (Å²) in [5.74, 6) is 0.425. The lowest BCUT2D eigenvalue weighted by Gasteiger charge is -1.85. The van der Waals surface area contributed by atoms with Crippen molar-refractivity contribution in [2.24, 2.45) is 5.73 Å². The Kier molecular flexibility index (Phi) is 2.66. The van der Waals surface area contributed by atoms with Crippen molar-refractivity contribution in [3.05, 3.63) is 29.7 Å². The molecule has 1 amide bonds. The summed E-state index contributed by atoms with van der Waals surface area (Å²) < 4.78 is 5.04. The van der Waals surface area contributed by atoms with Crippen molar-refractivity contribution in [3.63, 3.8) is 0 Å². The molecule has 64 valence electrons. The number of primary amides is 1. The topological polar surface area (TPSA) is 76.5 Å². The number of carbonyl (C=O) groups excluding carboxylic acids is 1. The van der Waals surface area contributed by atoms with Gasteiger partial charge in [-0.15, -0.1) is 0 Å². The van der Waals surface area contributed by atoms with Crippen LogP contribution < -0.4 is 5.73 Å². The molecule has 0 spiro atoms. The molecule has 3 N–H and O–H groups in total. The van der Waals surface area contributed by atoms with Crippen molar-refractivity contribution in [3.8, 4) is 0 Å². The van der Waals surface area contributed by atoms with Gasteiger partial charge in [0.15, 0.2) is 0 Å². The van der Waals surface area contributed by atoms with E-state index in [9.17, 15) is 4.79 Å². The number of nitrogens with two attached hydrogens (primary N) is 1. The molecular formula is C8H9NO3. The lowest BCUT2D eigenvalue weighted by Crippen LogP contribution is -2.04. The molecule has 4 nitrogen and oxygen atoms in total. The fraction of sp³-hybridized carbons (Fsp3) is 0.125. The molecule has 1 aromatic heterocycles. The zero-order chi connectivity index (χ0) is 8.97. The van der Waals surface area contributed by atoms with Gasteiger partial charge in [-0.3, -0.25) is 4.79 Å². The van der Waals surface area contributed by atoms with Crippen molar-refractivity contribution in [2.45, 2.75) is 6.61 Å². The first-order valence-corrected chi connectivity index (χ1v) is 3.39. The number of furan rings is 1. The van der Waals surface area contributed by atoms with E-state index in [-0.39, 0.29) is 6.61 Å². The molecule has 0 saturated carbocycles. The van der Waals surface area contributed by atoms with Gasteiger partial charge in [0.1, 0.15) is 18.1 Å². The summed E-state index contributed by atoms with van der Waals surface area (Å²) in [6, 6.07) is 3.27. The first kappa shape index (κ1) is 8.55. The van der Waals surface area contributed by atoms with Crippen molar-refractivity contribution in [2.75, 3.05) is 0 Å². The smallest absolute Gasteiger partial charge is 0.241 e. The highest BCUT2D eigenvalue weighted by Crippen LogP contribution is 2.08. The summed E-state index contributed by atoms with van der Waals surface area (Å²) >= 11 is 0. The Morgan fingerprint density at radius 2 is 2.42 bits per heavy atom. The van der Waals surface area contributed by atoms with Gasteiger partial charge in [0.25, 0.3) is 0 Å². The van der Waals surface area contributed by atoms with E-state index in [1.807, 2.05) is 0 Å². The zero-order valence-electron chi connectivity index (χ0n) is 6.36. The largest absolute Gasteiger partial charge is 0.459 e. The Morgan fingerprint density at radius 3 is 2.92 bits per heavy atom. The predicted molar refractivity (Wildman–Crippen MR) is 42.9 cm³/mol. The van der Waals surface area contributed by atoms with E-state index in [2.05, 4.69) is 0 Å².